The smallest absolute Gasteiger partial charge is 0.410 e. The number of likely N-dealkylation sites (N-methyl/N-ethyl adjacent to an activating group) is 1. The van der Waals surface area contributed by atoms with E-state index in [9.17, 15) is 4.79 Å². The van der Waals surface area contributed by atoms with Crippen molar-refractivity contribution in [3.63, 3.8) is 0 Å². The molecule has 1 aliphatic rings. The summed E-state index contributed by atoms with van der Waals surface area (Å²) < 4.78 is 5.57. The molecule has 1 aliphatic heterocycles. The number of piperidine rings is 1. The maximum Gasteiger partial charge on any atom is 0.410 e. The minimum atomic E-state index is -0.506. The van der Waals surface area contributed by atoms with Gasteiger partial charge in [-0.15, -0.1) is 0 Å². The molecule has 0 saturated carbocycles. The van der Waals surface area contributed by atoms with Gasteiger partial charge in [-0.25, -0.2) is 9.78 Å². The summed E-state index contributed by atoms with van der Waals surface area (Å²) in [5.41, 5.74) is 3.18. The Morgan fingerprint density at radius 3 is 2.83 bits per heavy atom. The van der Waals surface area contributed by atoms with Gasteiger partial charge < -0.3 is 19.5 Å². The van der Waals surface area contributed by atoms with Crippen LogP contribution in [0.25, 0.3) is 22.3 Å². The fraction of sp³-hybridized carbons (Fsp3) is 0.455. The average molecular weight is 409 g/mol. The van der Waals surface area contributed by atoms with E-state index in [0.29, 0.717) is 0 Å². The van der Waals surface area contributed by atoms with Crippen LogP contribution in [0.15, 0.2) is 37.1 Å². The van der Waals surface area contributed by atoms with Gasteiger partial charge in [0.1, 0.15) is 11.2 Å². The minimum absolute atomic E-state index is 0.0794. The van der Waals surface area contributed by atoms with Gasteiger partial charge in [-0.3, -0.25) is 9.97 Å². The number of fused-ring (bicyclic) bond motifs is 1. The largest absolute Gasteiger partial charge is 0.444 e. The van der Waals surface area contributed by atoms with Crippen molar-refractivity contribution in [2.75, 3.05) is 25.0 Å². The number of rotatable bonds is 3. The molecule has 1 amide bonds. The number of amides is 1. The lowest BCUT2D eigenvalue weighted by Crippen LogP contribution is -2.49. The molecule has 1 saturated heterocycles. The monoisotopic (exact) mass is 408 g/mol. The van der Waals surface area contributed by atoms with Crippen LogP contribution in [-0.2, 0) is 4.74 Å². The van der Waals surface area contributed by atoms with Gasteiger partial charge in [0.05, 0.1) is 29.0 Å². The first-order valence-corrected chi connectivity index (χ1v) is 10.3. The van der Waals surface area contributed by atoms with Gasteiger partial charge >= 0.3 is 6.09 Å². The van der Waals surface area contributed by atoms with Crippen LogP contribution in [0.5, 0.6) is 0 Å². The van der Waals surface area contributed by atoms with Crippen LogP contribution in [0.3, 0.4) is 0 Å². The lowest BCUT2D eigenvalue weighted by Gasteiger charge is -2.39. The second kappa shape index (κ2) is 7.93. The standard InChI is InChI=1S/C22H28N6O2/c1-22(2,3)30-21(29)27(4)15-6-5-11-28(14-15)18-7-8-25-20-19(18)16(12-26-20)17-13-23-9-10-24-17/h7-10,12-13,15H,5-6,11,14H2,1-4H3,(H,25,26)/t15-/m0/s1. The third-order valence-electron chi connectivity index (χ3n) is 5.36. The number of nitrogens with zero attached hydrogens (tertiary/aromatic N) is 5. The van der Waals surface area contributed by atoms with E-state index in [1.165, 1.54) is 0 Å². The Labute approximate surface area is 176 Å². The van der Waals surface area contributed by atoms with E-state index in [0.717, 1.165) is 53.9 Å². The van der Waals surface area contributed by atoms with Crippen molar-refractivity contribution < 1.29 is 9.53 Å². The molecule has 8 nitrogen and oxygen atoms in total. The summed E-state index contributed by atoms with van der Waals surface area (Å²) in [5.74, 6) is 0. The Balaban J connectivity index is 1.63. The first-order chi connectivity index (χ1) is 14.3. The van der Waals surface area contributed by atoms with Gasteiger partial charge in [0.25, 0.3) is 0 Å². The highest BCUT2D eigenvalue weighted by Gasteiger charge is 2.30. The number of ether oxygens (including phenoxy) is 1. The molecule has 3 aromatic rings. The molecule has 158 valence electrons. The number of carbonyl (C=O) groups excluding carboxylic acids is 1. The number of aromatic nitrogens is 4. The van der Waals surface area contributed by atoms with Crippen LogP contribution in [0.4, 0.5) is 10.5 Å². The fourth-order valence-corrected chi connectivity index (χ4v) is 3.92. The quantitative estimate of drug-likeness (QED) is 0.708. The van der Waals surface area contributed by atoms with Crippen LogP contribution in [0.1, 0.15) is 33.6 Å². The molecule has 1 atom stereocenters. The van der Waals surface area contributed by atoms with Crippen molar-refractivity contribution in [2.24, 2.45) is 0 Å². The van der Waals surface area contributed by atoms with Crippen LogP contribution in [-0.4, -0.2) is 62.7 Å². The Morgan fingerprint density at radius 1 is 1.27 bits per heavy atom. The van der Waals surface area contributed by atoms with E-state index >= 15 is 0 Å². The summed E-state index contributed by atoms with van der Waals surface area (Å²) in [6, 6.07) is 2.11. The molecular formula is C22H28N6O2. The summed E-state index contributed by atoms with van der Waals surface area (Å²) in [6.45, 7) is 7.32. The third kappa shape index (κ3) is 4.08. The summed E-state index contributed by atoms with van der Waals surface area (Å²) in [4.78, 5) is 33.0. The second-order valence-electron chi connectivity index (χ2n) is 8.68. The van der Waals surface area contributed by atoms with E-state index < -0.39 is 5.60 Å². The fourth-order valence-electron chi connectivity index (χ4n) is 3.92. The maximum absolute atomic E-state index is 12.6. The number of aromatic amines is 1. The molecule has 3 aromatic heterocycles. The minimum Gasteiger partial charge on any atom is -0.444 e. The SMILES string of the molecule is CN(C(=O)OC(C)(C)C)[C@H]1CCCN(c2ccnc3[nH]cc(-c4cnccn4)c23)C1. The van der Waals surface area contributed by atoms with Crippen molar-refractivity contribution in [3.8, 4) is 11.3 Å². The number of pyridine rings is 1. The topological polar surface area (TPSA) is 87.2 Å². The third-order valence-corrected chi connectivity index (χ3v) is 5.36. The first kappa shape index (κ1) is 20.1. The Bertz CT molecular complexity index is 1030. The molecule has 30 heavy (non-hydrogen) atoms. The molecule has 0 aromatic carbocycles. The Hall–Kier alpha value is -3.16. The molecule has 8 heteroatoms. The van der Waals surface area contributed by atoms with Gasteiger partial charge in [0, 0.05) is 50.5 Å². The van der Waals surface area contributed by atoms with Crippen LogP contribution in [0, 0.1) is 0 Å². The van der Waals surface area contributed by atoms with E-state index in [1.54, 1.807) is 23.5 Å². The predicted octanol–water partition coefficient (Wildman–Crippen LogP) is 3.86. The van der Waals surface area contributed by atoms with Gasteiger partial charge in [0.15, 0.2) is 0 Å². The molecule has 0 aliphatic carbocycles. The zero-order valence-electron chi connectivity index (χ0n) is 17.9. The second-order valence-corrected chi connectivity index (χ2v) is 8.68. The highest BCUT2D eigenvalue weighted by atomic mass is 16.6. The van der Waals surface area contributed by atoms with Gasteiger partial charge in [0.2, 0.25) is 0 Å². The van der Waals surface area contributed by atoms with E-state index in [4.69, 9.17) is 4.74 Å². The number of nitrogens with one attached hydrogen (secondary N) is 1. The molecule has 1 N–H and O–H groups in total. The lowest BCUT2D eigenvalue weighted by molar-refractivity contribution is 0.0210. The maximum atomic E-state index is 12.6. The molecule has 0 bridgehead atoms. The summed E-state index contributed by atoms with van der Waals surface area (Å²) in [6.07, 6.45) is 10.5. The normalized spacial score (nSPS) is 17.2. The molecule has 4 heterocycles. The van der Waals surface area contributed by atoms with E-state index in [2.05, 4.69) is 24.8 Å². The van der Waals surface area contributed by atoms with Crippen molar-refractivity contribution in [3.05, 3.63) is 37.1 Å². The van der Waals surface area contributed by atoms with Crippen LogP contribution in [0.2, 0.25) is 0 Å². The van der Waals surface area contributed by atoms with Crippen molar-refractivity contribution in [1.29, 1.82) is 0 Å². The number of hydrogen-bond acceptors (Lipinski definition) is 6. The van der Waals surface area contributed by atoms with E-state index in [1.807, 2.05) is 46.3 Å². The average Bonchev–Trinajstić information content (AvgIpc) is 3.17. The molecule has 4 rings (SSSR count). The first-order valence-electron chi connectivity index (χ1n) is 10.3. The van der Waals surface area contributed by atoms with Crippen molar-refractivity contribution >= 4 is 22.8 Å². The number of anilines is 1. The Kier molecular flexibility index (Phi) is 5.32. The highest BCUT2D eigenvalue weighted by Crippen LogP contribution is 2.35. The van der Waals surface area contributed by atoms with Crippen molar-refractivity contribution in [1.82, 2.24) is 24.8 Å². The van der Waals surface area contributed by atoms with Crippen LogP contribution < -0.4 is 4.90 Å². The predicted molar refractivity (Wildman–Crippen MR) is 116 cm³/mol. The summed E-state index contributed by atoms with van der Waals surface area (Å²) >= 11 is 0. The molecular weight excluding hydrogens is 380 g/mol. The van der Waals surface area contributed by atoms with Gasteiger partial charge in [-0.2, -0.15) is 0 Å². The van der Waals surface area contributed by atoms with Gasteiger partial charge in [-0.1, -0.05) is 0 Å². The highest BCUT2D eigenvalue weighted by molar-refractivity contribution is 6.01. The summed E-state index contributed by atoms with van der Waals surface area (Å²) in [7, 11) is 1.83. The number of H-pyrrole nitrogens is 1. The lowest BCUT2D eigenvalue weighted by atomic mass is 10.0. The Morgan fingerprint density at radius 2 is 2.10 bits per heavy atom. The van der Waals surface area contributed by atoms with Crippen LogP contribution >= 0.6 is 0 Å². The van der Waals surface area contributed by atoms with E-state index in [-0.39, 0.29) is 12.1 Å². The molecule has 0 unspecified atom stereocenters. The zero-order chi connectivity index (χ0) is 21.3. The molecule has 1 fully saturated rings. The summed E-state index contributed by atoms with van der Waals surface area (Å²) in [5, 5.41) is 1.03. The molecule has 0 radical (unpaired) electrons. The van der Waals surface area contributed by atoms with Gasteiger partial charge in [-0.05, 0) is 39.7 Å². The number of hydrogen-bond donors (Lipinski definition) is 1. The zero-order valence-corrected chi connectivity index (χ0v) is 17.9. The molecule has 0 spiro atoms. The number of carbonyl (C=O) groups is 1. The van der Waals surface area contributed by atoms with Crippen molar-refractivity contribution in [2.45, 2.75) is 45.3 Å².